The largest absolute Gasteiger partial charge is 0.299 e. The van der Waals surface area contributed by atoms with Crippen LogP contribution in [0.15, 0.2) is 0 Å². The fraction of sp³-hybridized carbons (Fsp3) is 1.00. The SMILES string of the molecule is CC(C)(C)P(=O)(Br)Br. The van der Waals surface area contributed by atoms with Crippen LogP contribution in [-0.2, 0) is 4.57 Å². The second-order valence-electron chi connectivity index (χ2n) is 2.63. The maximum atomic E-state index is 11.1. The molecule has 0 spiro atoms. The Kier molecular flexibility index (Phi) is 2.80. The highest BCUT2D eigenvalue weighted by atomic mass is 79.9. The van der Waals surface area contributed by atoms with Gasteiger partial charge in [0, 0.05) is 5.16 Å². The minimum absolute atomic E-state index is 0.174. The van der Waals surface area contributed by atoms with E-state index >= 15 is 0 Å². The van der Waals surface area contributed by atoms with Crippen LogP contribution >= 0.6 is 35.5 Å². The van der Waals surface area contributed by atoms with E-state index in [1.54, 1.807) is 0 Å². The maximum Gasteiger partial charge on any atom is 0.213 e. The molecule has 0 aliphatic rings. The van der Waals surface area contributed by atoms with E-state index in [2.05, 4.69) is 31.0 Å². The van der Waals surface area contributed by atoms with Gasteiger partial charge in [-0.2, -0.15) is 0 Å². The first-order valence-electron chi connectivity index (χ1n) is 2.24. The molecule has 0 aromatic carbocycles. The minimum Gasteiger partial charge on any atom is -0.299 e. The first kappa shape index (κ1) is 9.19. The topological polar surface area (TPSA) is 17.1 Å². The summed E-state index contributed by atoms with van der Waals surface area (Å²) in [6, 6.07) is 0. The lowest BCUT2D eigenvalue weighted by Crippen LogP contribution is -2.07. The van der Waals surface area contributed by atoms with Crippen molar-refractivity contribution >= 4 is 35.5 Å². The molecule has 0 rings (SSSR count). The zero-order valence-corrected chi connectivity index (χ0v) is 9.18. The van der Waals surface area contributed by atoms with Gasteiger partial charge in [0.15, 0.2) is 0 Å². The fourth-order valence-corrected chi connectivity index (χ4v) is 0. The van der Waals surface area contributed by atoms with Crippen LogP contribution in [0, 0.1) is 0 Å². The molecule has 0 atom stereocenters. The Morgan fingerprint density at radius 1 is 1.25 bits per heavy atom. The van der Waals surface area contributed by atoms with Gasteiger partial charge in [0.05, 0.1) is 0 Å². The van der Waals surface area contributed by atoms with E-state index in [-0.39, 0.29) is 5.16 Å². The quantitative estimate of drug-likeness (QED) is 0.608. The van der Waals surface area contributed by atoms with Crippen LogP contribution in [0.25, 0.3) is 0 Å². The van der Waals surface area contributed by atoms with Crippen LogP contribution in [0.5, 0.6) is 0 Å². The molecule has 0 radical (unpaired) electrons. The Balaban J connectivity index is 4.26. The molecule has 0 heterocycles. The Hall–Kier alpha value is 1.19. The molecule has 0 aliphatic carbocycles. The molecule has 50 valence electrons. The first-order chi connectivity index (χ1) is 3.25. The highest BCUT2D eigenvalue weighted by Crippen LogP contribution is 2.70. The monoisotopic (exact) mass is 262 g/mol. The number of halogens is 2. The molecule has 0 bridgehead atoms. The van der Waals surface area contributed by atoms with Crippen molar-refractivity contribution < 1.29 is 4.57 Å². The zero-order chi connectivity index (χ0) is 7.00. The van der Waals surface area contributed by atoms with Gasteiger partial charge in [-0.05, 0) is 31.0 Å². The molecule has 0 saturated heterocycles. The smallest absolute Gasteiger partial charge is 0.213 e. The summed E-state index contributed by atoms with van der Waals surface area (Å²) in [4.78, 5) is 0. The predicted octanol–water partition coefficient (Wildman–Crippen LogP) is 3.77. The lowest BCUT2D eigenvalue weighted by Gasteiger charge is -2.19. The van der Waals surface area contributed by atoms with Crippen molar-refractivity contribution in [2.45, 2.75) is 25.9 Å². The van der Waals surface area contributed by atoms with E-state index in [1.807, 2.05) is 20.8 Å². The maximum absolute atomic E-state index is 11.1. The van der Waals surface area contributed by atoms with Crippen LogP contribution in [-0.4, -0.2) is 5.16 Å². The van der Waals surface area contributed by atoms with Crippen LogP contribution in [0.3, 0.4) is 0 Å². The number of rotatable bonds is 0. The van der Waals surface area contributed by atoms with Gasteiger partial charge in [0.1, 0.15) is 0 Å². The van der Waals surface area contributed by atoms with Crippen LogP contribution in [0.2, 0.25) is 0 Å². The average Bonchev–Trinajstić information content (AvgIpc) is 1.25. The summed E-state index contributed by atoms with van der Waals surface area (Å²) < 4.78 is 8.84. The normalized spacial score (nSPS) is 14.1. The molecule has 0 amide bonds. The fourth-order valence-electron chi connectivity index (χ4n) is 0. The molecule has 0 N–H and O–H groups in total. The van der Waals surface area contributed by atoms with Gasteiger partial charge < -0.3 is 0 Å². The molecule has 0 aliphatic heterocycles. The third-order valence-corrected chi connectivity index (χ3v) is 8.73. The van der Waals surface area contributed by atoms with Crippen molar-refractivity contribution in [1.82, 2.24) is 0 Å². The van der Waals surface area contributed by atoms with Crippen LogP contribution in [0.4, 0.5) is 0 Å². The lowest BCUT2D eigenvalue weighted by molar-refractivity contribution is 0.574. The highest BCUT2D eigenvalue weighted by Gasteiger charge is 2.30. The van der Waals surface area contributed by atoms with Gasteiger partial charge in [-0.25, -0.2) is 0 Å². The standard InChI is InChI=1S/C4H9Br2OP/c1-4(2,3)8(5,6)7/h1-3H3. The molecule has 0 fully saturated rings. The van der Waals surface area contributed by atoms with Gasteiger partial charge in [-0.1, -0.05) is 20.8 Å². The van der Waals surface area contributed by atoms with Crippen molar-refractivity contribution in [3.63, 3.8) is 0 Å². The summed E-state index contributed by atoms with van der Waals surface area (Å²) in [7, 11) is 0. The highest BCUT2D eigenvalue weighted by molar-refractivity contribution is 9.70. The van der Waals surface area contributed by atoms with E-state index < -0.39 is 4.55 Å². The lowest BCUT2D eigenvalue weighted by atomic mass is 10.3. The van der Waals surface area contributed by atoms with E-state index in [0.717, 1.165) is 0 Å². The summed E-state index contributed by atoms with van der Waals surface area (Å²) in [6.45, 7) is 5.74. The first-order valence-corrected chi connectivity index (χ1v) is 7.99. The van der Waals surface area contributed by atoms with E-state index in [1.165, 1.54) is 0 Å². The molecule has 0 aromatic heterocycles. The van der Waals surface area contributed by atoms with Crippen LogP contribution in [0.1, 0.15) is 20.8 Å². The molecule has 8 heavy (non-hydrogen) atoms. The van der Waals surface area contributed by atoms with Crippen molar-refractivity contribution in [3.8, 4) is 0 Å². The van der Waals surface area contributed by atoms with Crippen LogP contribution < -0.4 is 0 Å². The Bertz CT molecular complexity index is 120. The van der Waals surface area contributed by atoms with Gasteiger partial charge in [0.25, 0.3) is 0 Å². The van der Waals surface area contributed by atoms with E-state index in [4.69, 9.17) is 0 Å². The third-order valence-electron chi connectivity index (χ3n) is 0.781. The molecule has 4 heteroatoms. The summed E-state index contributed by atoms with van der Waals surface area (Å²) in [5, 5.41) is -0.174. The molecule has 0 aromatic rings. The van der Waals surface area contributed by atoms with Crippen molar-refractivity contribution in [3.05, 3.63) is 0 Å². The Morgan fingerprint density at radius 3 is 1.38 bits per heavy atom. The minimum atomic E-state index is -2.22. The zero-order valence-electron chi connectivity index (χ0n) is 5.11. The van der Waals surface area contributed by atoms with Crippen molar-refractivity contribution in [2.24, 2.45) is 0 Å². The summed E-state index contributed by atoms with van der Waals surface area (Å²) >= 11 is 6.14. The Labute approximate surface area is 66.1 Å². The van der Waals surface area contributed by atoms with Crippen molar-refractivity contribution in [1.29, 1.82) is 0 Å². The van der Waals surface area contributed by atoms with Gasteiger partial charge >= 0.3 is 0 Å². The summed E-state index contributed by atoms with van der Waals surface area (Å²) in [5.41, 5.74) is 0. The van der Waals surface area contributed by atoms with Gasteiger partial charge in [-0.3, -0.25) is 4.57 Å². The average molecular weight is 264 g/mol. The van der Waals surface area contributed by atoms with Gasteiger partial charge in [0.2, 0.25) is 4.55 Å². The summed E-state index contributed by atoms with van der Waals surface area (Å²) in [6.07, 6.45) is 0. The molecule has 1 nitrogen and oxygen atoms in total. The summed E-state index contributed by atoms with van der Waals surface area (Å²) in [5.74, 6) is 0. The molecule has 0 saturated carbocycles. The molecular weight excluding hydrogens is 255 g/mol. The number of hydrogen-bond acceptors (Lipinski definition) is 1. The van der Waals surface area contributed by atoms with E-state index in [9.17, 15) is 4.57 Å². The third kappa shape index (κ3) is 2.65. The number of hydrogen-bond donors (Lipinski definition) is 0. The molecular formula is C4H9Br2OP. The van der Waals surface area contributed by atoms with E-state index in [0.29, 0.717) is 0 Å². The Morgan fingerprint density at radius 2 is 1.38 bits per heavy atom. The second kappa shape index (κ2) is 2.43. The predicted molar refractivity (Wildman–Crippen MR) is 45.2 cm³/mol. The van der Waals surface area contributed by atoms with Gasteiger partial charge in [-0.15, -0.1) is 0 Å². The molecule has 0 unspecified atom stereocenters. The second-order valence-corrected chi connectivity index (χ2v) is 13.7. The van der Waals surface area contributed by atoms with Crippen molar-refractivity contribution in [2.75, 3.05) is 0 Å².